The molecule has 1 aromatic heterocycles. The van der Waals surface area contributed by atoms with Gasteiger partial charge >= 0.3 is 0 Å². The summed E-state index contributed by atoms with van der Waals surface area (Å²) in [5.74, 6) is -1.83. The zero-order valence-corrected chi connectivity index (χ0v) is 8.31. The Kier molecular flexibility index (Phi) is 2.32. The Hall–Kier alpha value is -1.62. The van der Waals surface area contributed by atoms with Crippen molar-refractivity contribution in [1.29, 1.82) is 0 Å². The number of rotatable bonds is 1. The van der Waals surface area contributed by atoms with Gasteiger partial charge in [-0.1, -0.05) is 18.3 Å². The van der Waals surface area contributed by atoms with Crippen LogP contribution in [0.3, 0.4) is 0 Å². The summed E-state index contributed by atoms with van der Waals surface area (Å²) in [5.41, 5.74) is 6.10. The molecule has 76 valence electrons. The van der Waals surface area contributed by atoms with Gasteiger partial charge in [0.25, 0.3) is 0 Å². The molecule has 0 saturated heterocycles. The predicted octanol–water partition coefficient (Wildman–Crippen LogP) is 2.15. The first kappa shape index (κ1) is 9.92. The van der Waals surface area contributed by atoms with E-state index in [-0.39, 0.29) is 4.99 Å². The lowest BCUT2D eigenvalue weighted by Gasteiger charge is -2.01. The lowest BCUT2D eigenvalue weighted by atomic mass is 10.2. The van der Waals surface area contributed by atoms with Gasteiger partial charge in [0.05, 0.1) is 11.2 Å². The van der Waals surface area contributed by atoms with E-state index in [9.17, 15) is 8.78 Å². The van der Waals surface area contributed by atoms with Crippen molar-refractivity contribution in [3.05, 3.63) is 41.6 Å². The van der Waals surface area contributed by atoms with E-state index in [1.54, 1.807) is 12.1 Å². The first-order chi connectivity index (χ1) is 7.08. The smallest absolute Gasteiger partial charge is 0.161 e. The highest BCUT2D eigenvalue weighted by atomic mass is 32.1. The minimum absolute atomic E-state index is 0.127. The third-order valence-electron chi connectivity index (χ3n) is 1.98. The SMILES string of the molecule is NC(=S)c1ccc2cc(F)c(F)cc2n1. The molecule has 15 heavy (non-hydrogen) atoms. The van der Waals surface area contributed by atoms with Gasteiger partial charge in [0.1, 0.15) is 4.99 Å². The van der Waals surface area contributed by atoms with Crippen molar-refractivity contribution in [2.45, 2.75) is 0 Å². The third kappa shape index (κ3) is 1.78. The Labute approximate surface area is 89.7 Å². The van der Waals surface area contributed by atoms with E-state index in [4.69, 9.17) is 18.0 Å². The number of aromatic nitrogens is 1. The van der Waals surface area contributed by atoms with Gasteiger partial charge < -0.3 is 5.73 Å². The fourth-order valence-electron chi connectivity index (χ4n) is 1.26. The molecule has 0 spiro atoms. The van der Waals surface area contributed by atoms with E-state index in [1.807, 2.05) is 0 Å². The van der Waals surface area contributed by atoms with Crippen molar-refractivity contribution in [2.75, 3.05) is 0 Å². The molecule has 0 atom stereocenters. The summed E-state index contributed by atoms with van der Waals surface area (Å²) in [7, 11) is 0. The van der Waals surface area contributed by atoms with Crippen LogP contribution >= 0.6 is 12.2 Å². The van der Waals surface area contributed by atoms with Crippen LogP contribution in [-0.2, 0) is 0 Å². The predicted molar refractivity (Wildman–Crippen MR) is 57.5 cm³/mol. The molecule has 2 nitrogen and oxygen atoms in total. The second-order valence-corrected chi connectivity index (χ2v) is 3.46. The summed E-state index contributed by atoms with van der Waals surface area (Å²) in [6, 6.07) is 5.27. The van der Waals surface area contributed by atoms with Crippen molar-refractivity contribution >= 4 is 28.1 Å². The molecule has 2 N–H and O–H groups in total. The molecule has 0 radical (unpaired) electrons. The second-order valence-electron chi connectivity index (χ2n) is 3.02. The molecular weight excluding hydrogens is 218 g/mol. The topological polar surface area (TPSA) is 38.9 Å². The number of nitrogens with zero attached hydrogens (tertiary/aromatic N) is 1. The van der Waals surface area contributed by atoms with Crippen LogP contribution in [0.5, 0.6) is 0 Å². The molecule has 0 aliphatic carbocycles. The second kappa shape index (κ2) is 3.51. The molecule has 5 heteroatoms. The number of halogens is 2. The number of hydrogen-bond acceptors (Lipinski definition) is 2. The van der Waals surface area contributed by atoms with Gasteiger partial charge in [0, 0.05) is 11.5 Å². The van der Waals surface area contributed by atoms with Gasteiger partial charge in [-0.2, -0.15) is 0 Å². The molecule has 2 rings (SSSR count). The van der Waals surface area contributed by atoms with Crippen LogP contribution in [0.4, 0.5) is 8.78 Å². The number of pyridine rings is 1. The molecule has 0 unspecified atom stereocenters. The number of hydrogen-bond donors (Lipinski definition) is 1. The minimum Gasteiger partial charge on any atom is -0.388 e. The Morgan fingerprint density at radius 2 is 1.87 bits per heavy atom. The molecule has 0 saturated carbocycles. The van der Waals surface area contributed by atoms with E-state index in [2.05, 4.69) is 4.98 Å². The summed E-state index contributed by atoms with van der Waals surface area (Å²) in [6.45, 7) is 0. The van der Waals surface area contributed by atoms with Gasteiger partial charge in [-0.25, -0.2) is 13.8 Å². The van der Waals surface area contributed by atoms with E-state index < -0.39 is 11.6 Å². The van der Waals surface area contributed by atoms with E-state index in [0.29, 0.717) is 16.6 Å². The van der Waals surface area contributed by atoms with Crippen LogP contribution in [0.15, 0.2) is 24.3 Å². The maximum absolute atomic E-state index is 12.9. The van der Waals surface area contributed by atoms with E-state index in [1.165, 1.54) is 0 Å². The van der Waals surface area contributed by atoms with Crippen molar-refractivity contribution in [2.24, 2.45) is 5.73 Å². The van der Waals surface area contributed by atoms with Gasteiger partial charge in [0.15, 0.2) is 11.6 Å². The standard InChI is InChI=1S/C10H6F2N2S/c11-6-3-5-1-2-8(10(13)15)14-9(5)4-7(6)12/h1-4H,(H2,13,15). The van der Waals surface area contributed by atoms with Gasteiger partial charge in [0.2, 0.25) is 0 Å². The van der Waals surface area contributed by atoms with E-state index >= 15 is 0 Å². The summed E-state index contributed by atoms with van der Waals surface area (Å²) in [5, 5.41) is 0.508. The summed E-state index contributed by atoms with van der Waals surface area (Å²) in [6.07, 6.45) is 0. The summed E-state index contributed by atoms with van der Waals surface area (Å²) < 4.78 is 25.8. The quantitative estimate of drug-likeness (QED) is 0.754. The zero-order valence-electron chi connectivity index (χ0n) is 7.50. The molecule has 0 amide bonds. The van der Waals surface area contributed by atoms with Crippen LogP contribution in [0, 0.1) is 11.6 Å². The average molecular weight is 224 g/mol. The minimum atomic E-state index is -0.935. The Bertz CT molecular complexity index is 554. The lowest BCUT2D eigenvalue weighted by Crippen LogP contribution is -2.11. The Morgan fingerprint density at radius 3 is 2.53 bits per heavy atom. The Morgan fingerprint density at radius 1 is 1.20 bits per heavy atom. The van der Waals surface area contributed by atoms with Crippen LogP contribution in [0.25, 0.3) is 10.9 Å². The van der Waals surface area contributed by atoms with Crippen molar-refractivity contribution < 1.29 is 8.78 Å². The fraction of sp³-hybridized carbons (Fsp3) is 0. The number of thiocarbonyl (C=S) groups is 1. The molecular formula is C10H6F2N2S. The van der Waals surface area contributed by atoms with Crippen LogP contribution in [0.1, 0.15) is 5.69 Å². The molecule has 1 heterocycles. The maximum Gasteiger partial charge on any atom is 0.161 e. The first-order valence-electron chi connectivity index (χ1n) is 4.13. The van der Waals surface area contributed by atoms with Crippen LogP contribution in [0.2, 0.25) is 0 Å². The summed E-state index contributed by atoms with van der Waals surface area (Å²) >= 11 is 4.73. The number of benzene rings is 1. The highest BCUT2D eigenvalue weighted by molar-refractivity contribution is 7.80. The van der Waals surface area contributed by atoms with Crippen molar-refractivity contribution in [1.82, 2.24) is 4.98 Å². The van der Waals surface area contributed by atoms with Crippen LogP contribution in [-0.4, -0.2) is 9.97 Å². The first-order valence-corrected chi connectivity index (χ1v) is 4.54. The average Bonchev–Trinajstić information content (AvgIpc) is 2.19. The van der Waals surface area contributed by atoms with Gasteiger partial charge in [-0.3, -0.25) is 0 Å². The molecule has 0 fully saturated rings. The van der Waals surface area contributed by atoms with Gasteiger partial charge in [-0.15, -0.1) is 0 Å². The van der Waals surface area contributed by atoms with Crippen molar-refractivity contribution in [3.8, 4) is 0 Å². The molecule has 2 aromatic rings. The zero-order chi connectivity index (χ0) is 11.0. The van der Waals surface area contributed by atoms with Crippen LogP contribution < -0.4 is 5.73 Å². The number of fused-ring (bicyclic) bond motifs is 1. The normalized spacial score (nSPS) is 10.5. The maximum atomic E-state index is 12.9. The highest BCUT2D eigenvalue weighted by Gasteiger charge is 2.06. The lowest BCUT2D eigenvalue weighted by molar-refractivity contribution is 0.510. The molecule has 1 aromatic carbocycles. The monoisotopic (exact) mass is 224 g/mol. The highest BCUT2D eigenvalue weighted by Crippen LogP contribution is 2.17. The van der Waals surface area contributed by atoms with E-state index in [0.717, 1.165) is 12.1 Å². The summed E-state index contributed by atoms with van der Waals surface area (Å²) in [4.78, 5) is 4.13. The van der Waals surface area contributed by atoms with Gasteiger partial charge in [-0.05, 0) is 12.1 Å². The molecule has 0 aliphatic rings. The Balaban J connectivity index is 2.72. The number of nitrogens with two attached hydrogens (primary N) is 1. The molecule has 0 bridgehead atoms. The molecule has 0 aliphatic heterocycles. The largest absolute Gasteiger partial charge is 0.388 e. The fourth-order valence-corrected chi connectivity index (χ4v) is 1.37. The van der Waals surface area contributed by atoms with Crippen molar-refractivity contribution in [3.63, 3.8) is 0 Å². The third-order valence-corrected chi connectivity index (χ3v) is 2.19.